The molecule has 1 N–H and O–H groups in total. The summed E-state index contributed by atoms with van der Waals surface area (Å²) in [6, 6.07) is 0. The minimum Gasteiger partial charge on any atom is -0.301 e. The largest absolute Gasteiger partial charge is 0.301 e. The van der Waals surface area contributed by atoms with E-state index in [1.807, 2.05) is 29.6 Å². The molecule has 45 valence electrons. The molecule has 0 saturated carbocycles. The maximum atomic E-state index is 3.03. The molecule has 0 bridgehead atoms. The average Bonchev–Trinajstić information content (AvgIpc) is 2.33. The predicted molar refractivity (Wildman–Crippen MR) is 37.6 cm³/mol. The molecule has 0 amide bonds. The van der Waals surface area contributed by atoms with Gasteiger partial charge < -0.3 is 5.43 Å². The Labute approximate surface area is 57.9 Å². The van der Waals surface area contributed by atoms with Crippen molar-refractivity contribution in [1.29, 1.82) is 0 Å². The second-order valence-corrected chi connectivity index (χ2v) is 2.57. The van der Waals surface area contributed by atoms with E-state index >= 15 is 0 Å². The van der Waals surface area contributed by atoms with Gasteiger partial charge in [0.25, 0.3) is 0 Å². The lowest BCUT2D eigenvalue weighted by molar-refractivity contribution is 0.422. The maximum Gasteiger partial charge on any atom is 0.100 e. The van der Waals surface area contributed by atoms with Gasteiger partial charge in [-0.2, -0.15) is 0 Å². The van der Waals surface area contributed by atoms with Crippen LogP contribution in [0.25, 0.3) is 0 Å². The first-order valence-electron chi connectivity index (χ1n) is 2.65. The third-order valence-electron chi connectivity index (χ3n) is 1.13. The van der Waals surface area contributed by atoms with Crippen LogP contribution in [0.5, 0.6) is 0 Å². The zero-order chi connectivity index (χ0) is 6.10. The molecular formula is C6H5N2S. The summed E-state index contributed by atoms with van der Waals surface area (Å²) in [6.07, 6.45) is 7.77. The molecule has 0 aromatic heterocycles. The number of thioether (sulfide) groups is 1. The molecule has 3 heteroatoms. The zero-order valence-electron chi connectivity index (χ0n) is 4.66. The Balaban J connectivity index is 2.29. The molecule has 0 unspecified atom stereocenters. The van der Waals surface area contributed by atoms with Crippen molar-refractivity contribution in [1.82, 2.24) is 10.4 Å². The minimum atomic E-state index is 1.18. The molecule has 2 aliphatic heterocycles. The molecule has 0 saturated heterocycles. The standard InChI is InChI=1S/C6H5N2S/c1-2-6-8(7-3-1)4-5-9-6/h1-4,7H. The Bertz CT molecular complexity index is 205. The van der Waals surface area contributed by atoms with Crippen molar-refractivity contribution in [2.45, 2.75) is 0 Å². The van der Waals surface area contributed by atoms with Crippen LogP contribution in [0.3, 0.4) is 0 Å². The number of hydrazine groups is 1. The lowest BCUT2D eigenvalue weighted by Crippen LogP contribution is -2.26. The van der Waals surface area contributed by atoms with E-state index in [9.17, 15) is 0 Å². The summed E-state index contributed by atoms with van der Waals surface area (Å²) >= 11 is 1.59. The van der Waals surface area contributed by atoms with E-state index in [4.69, 9.17) is 0 Å². The quantitative estimate of drug-likeness (QED) is 0.539. The number of nitrogens with one attached hydrogen (secondary N) is 1. The second kappa shape index (κ2) is 1.84. The van der Waals surface area contributed by atoms with Crippen LogP contribution >= 0.6 is 11.8 Å². The number of rotatable bonds is 0. The summed E-state index contributed by atoms with van der Waals surface area (Å²) in [5, 5.41) is 6.11. The highest BCUT2D eigenvalue weighted by molar-refractivity contribution is 8.04. The van der Waals surface area contributed by atoms with Gasteiger partial charge in [0.15, 0.2) is 0 Å². The third kappa shape index (κ3) is 0.733. The molecule has 2 rings (SSSR count). The van der Waals surface area contributed by atoms with E-state index in [1.54, 1.807) is 11.8 Å². The van der Waals surface area contributed by atoms with Crippen molar-refractivity contribution in [3.63, 3.8) is 0 Å². The highest BCUT2D eigenvalue weighted by atomic mass is 32.2. The lowest BCUT2D eigenvalue weighted by Gasteiger charge is -2.18. The van der Waals surface area contributed by atoms with Gasteiger partial charge in [-0.1, -0.05) is 11.8 Å². The van der Waals surface area contributed by atoms with Crippen LogP contribution in [0.2, 0.25) is 0 Å². The van der Waals surface area contributed by atoms with Gasteiger partial charge in [-0.25, -0.2) is 0 Å². The molecule has 2 aliphatic rings. The van der Waals surface area contributed by atoms with Gasteiger partial charge in [0.05, 0.1) is 0 Å². The Morgan fingerprint density at radius 2 is 2.67 bits per heavy atom. The van der Waals surface area contributed by atoms with Crippen molar-refractivity contribution in [2.24, 2.45) is 0 Å². The van der Waals surface area contributed by atoms with Crippen molar-refractivity contribution < 1.29 is 0 Å². The molecule has 2 nitrogen and oxygen atoms in total. The zero-order valence-corrected chi connectivity index (χ0v) is 5.48. The highest BCUT2D eigenvalue weighted by Gasteiger charge is 2.11. The predicted octanol–water partition coefficient (Wildman–Crippen LogP) is 1.18. The number of allylic oxidation sites excluding steroid dienone is 2. The molecule has 0 aromatic carbocycles. The van der Waals surface area contributed by atoms with Gasteiger partial charge in [0, 0.05) is 17.8 Å². The Hall–Kier alpha value is -0.830. The van der Waals surface area contributed by atoms with Crippen LogP contribution in [-0.4, -0.2) is 5.01 Å². The summed E-state index contributed by atoms with van der Waals surface area (Å²) in [7, 11) is 0. The number of fused-ring (bicyclic) bond motifs is 1. The van der Waals surface area contributed by atoms with Gasteiger partial charge in [-0.05, 0) is 12.2 Å². The SMILES string of the molecule is [C]1=CN2NC=CC=C2S1. The first-order chi connectivity index (χ1) is 4.47. The first-order valence-corrected chi connectivity index (χ1v) is 3.46. The van der Waals surface area contributed by atoms with Gasteiger partial charge in [-0.3, -0.25) is 5.01 Å². The summed E-state index contributed by atoms with van der Waals surface area (Å²) in [5.74, 6) is 0. The normalized spacial score (nSPS) is 21.3. The molecule has 0 aliphatic carbocycles. The van der Waals surface area contributed by atoms with E-state index < -0.39 is 0 Å². The smallest absolute Gasteiger partial charge is 0.100 e. The number of hydrogen-bond acceptors (Lipinski definition) is 3. The van der Waals surface area contributed by atoms with Crippen molar-refractivity contribution in [3.05, 3.63) is 35.0 Å². The fourth-order valence-electron chi connectivity index (χ4n) is 0.721. The van der Waals surface area contributed by atoms with E-state index in [2.05, 4.69) is 10.8 Å². The summed E-state index contributed by atoms with van der Waals surface area (Å²) in [5.41, 5.74) is 3.03. The average molecular weight is 137 g/mol. The second-order valence-electron chi connectivity index (χ2n) is 1.71. The van der Waals surface area contributed by atoms with Crippen molar-refractivity contribution in [3.8, 4) is 0 Å². The third-order valence-corrected chi connectivity index (χ3v) is 1.90. The Morgan fingerprint density at radius 1 is 1.67 bits per heavy atom. The lowest BCUT2D eigenvalue weighted by atomic mass is 10.5. The molecule has 2 heterocycles. The van der Waals surface area contributed by atoms with Crippen molar-refractivity contribution in [2.75, 3.05) is 0 Å². The van der Waals surface area contributed by atoms with E-state index in [0.717, 1.165) is 0 Å². The van der Waals surface area contributed by atoms with Crippen LogP contribution < -0.4 is 5.43 Å². The van der Waals surface area contributed by atoms with Gasteiger partial charge >= 0.3 is 0 Å². The Morgan fingerprint density at radius 3 is 3.56 bits per heavy atom. The van der Waals surface area contributed by atoms with E-state index in [1.165, 1.54) is 5.03 Å². The summed E-state index contributed by atoms with van der Waals surface area (Å²) < 4.78 is 0. The van der Waals surface area contributed by atoms with E-state index in [0.29, 0.717) is 0 Å². The van der Waals surface area contributed by atoms with Crippen LogP contribution in [0.1, 0.15) is 0 Å². The summed E-state index contributed by atoms with van der Waals surface area (Å²) in [4.78, 5) is 0. The molecule has 0 aromatic rings. The molecular weight excluding hydrogens is 132 g/mol. The fraction of sp³-hybridized carbons (Fsp3) is 0. The molecule has 0 fully saturated rings. The first kappa shape index (κ1) is 4.99. The fourth-order valence-corrected chi connectivity index (χ4v) is 1.35. The van der Waals surface area contributed by atoms with Gasteiger partial charge in [0.1, 0.15) is 5.03 Å². The molecule has 1 radical (unpaired) electrons. The Kier molecular flexibility index (Phi) is 1.02. The van der Waals surface area contributed by atoms with Crippen LogP contribution in [0, 0.1) is 5.41 Å². The number of hydrogen-bond donors (Lipinski definition) is 1. The van der Waals surface area contributed by atoms with Crippen LogP contribution in [-0.2, 0) is 0 Å². The highest BCUT2D eigenvalue weighted by Crippen LogP contribution is 2.27. The monoisotopic (exact) mass is 137 g/mol. The maximum absolute atomic E-state index is 3.03. The molecule has 0 spiro atoms. The minimum absolute atomic E-state index is 1.18. The van der Waals surface area contributed by atoms with Crippen LogP contribution in [0.15, 0.2) is 29.6 Å². The topological polar surface area (TPSA) is 15.3 Å². The molecule has 9 heavy (non-hydrogen) atoms. The van der Waals surface area contributed by atoms with Gasteiger partial charge in [-0.15, -0.1) is 0 Å². The van der Waals surface area contributed by atoms with Crippen molar-refractivity contribution >= 4 is 11.8 Å². The number of nitrogens with zero attached hydrogens (tertiary/aromatic N) is 1. The summed E-state index contributed by atoms with van der Waals surface area (Å²) in [6.45, 7) is 0. The van der Waals surface area contributed by atoms with Gasteiger partial charge in [0.2, 0.25) is 0 Å². The van der Waals surface area contributed by atoms with E-state index in [-0.39, 0.29) is 0 Å². The molecule has 0 atom stereocenters. The van der Waals surface area contributed by atoms with Crippen LogP contribution in [0.4, 0.5) is 0 Å².